The number of nitrogens with zero attached hydrogens (tertiary/aromatic N) is 4. The third kappa shape index (κ3) is 5.37. The number of thiophene rings is 1. The fourth-order valence-corrected chi connectivity index (χ4v) is 9.52. The zero-order valence-corrected chi connectivity index (χ0v) is 27.4. The summed E-state index contributed by atoms with van der Waals surface area (Å²) in [5.74, 6) is -2.15. The van der Waals surface area contributed by atoms with Gasteiger partial charge in [0.05, 0.1) is 10.4 Å². The maximum atomic E-state index is 14.3. The van der Waals surface area contributed by atoms with E-state index in [1.165, 1.54) is 18.2 Å². The summed E-state index contributed by atoms with van der Waals surface area (Å²) in [6.45, 7) is 1.15. The van der Waals surface area contributed by atoms with E-state index in [1.54, 1.807) is 11.0 Å². The highest BCUT2D eigenvalue weighted by Gasteiger charge is 2.52. The summed E-state index contributed by atoms with van der Waals surface area (Å²) in [6, 6.07) is 6.40. The van der Waals surface area contributed by atoms with E-state index in [9.17, 15) is 33.1 Å². The topological polar surface area (TPSA) is 145 Å². The third-order valence-corrected chi connectivity index (χ3v) is 12.6. The van der Waals surface area contributed by atoms with Crippen LogP contribution in [0.2, 0.25) is 0 Å². The number of hydrogen-bond donors (Lipinski definition) is 3. The number of alkyl halides is 1. The summed E-state index contributed by atoms with van der Waals surface area (Å²) in [5, 5.41) is 4.51. The van der Waals surface area contributed by atoms with Crippen molar-refractivity contribution >= 4 is 57.6 Å². The smallest absolute Gasteiger partial charge is 0.350 e. The second-order valence-electron chi connectivity index (χ2n) is 13.6. The summed E-state index contributed by atoms with van der Waals surface area (Å²) in [7, 11) is -2.97. The molecule has 4 aromatic rings. The highest BCUT2D eigenvalue weighted by Crippen LogP contribution is 2.53. The number of amides is 3. The maximum absolute atomic E-state index is 14.3. The highest BCUT2D eigenvalue weighted by molar-refractivity contribution is 7.51. The van der Waals surface area contributed by atoms with Crippen LogP contribution in [0.15, 0.2) is 48.9 Å². The standard InChI is InChI=1S/C33H35FN5O6PS/c1-37-7-6-18-13-35-14-24(29(18)37)22-15-38(16-22)33(42)26-4-3-23-10-19-9-20(19)11-25(32(41)39(23)26)36-31(40)28-12-21-8-17(2-5-27(21)47-28)30(34)46(43,44)45/h2,5-8,12-14,19-20,22-23,25-26,30H,3-4,9-11,15-16H2,1H3,(H,36,40)(H2,43,44,45)/t19-,20+,23-,25+,26+,30+/m1/s1. The lowest BCUT2D eigenvalue weighted by molar-refractivity contribution is -0.149. The van der Waals surface area contributed by atoms with Crippen molar-refractivity contribution in [3.05, 3.63) is 64.9 Å². The number of fused-ring (bicyclic) bond motifs is 4. The molecule has 3 amide bonds. The first kappa shape index (κ1) is 30.7. The molecule has 11 nitrogen and oxygen atoms in total. The van der Waals surface area contributed by atoms with Crippen LogP contribution in [0.5, 0.6) is 0 Å². The van der Waals surface area contributed by atoms with Gasteiger partial charge in [-0.3, -0.25) is 23.9 Å². The first-order valence-corrected chi connectivity index (χ1v) is 18.5. The molecule has 3 aromatic heterocycles. The van der Waals surface area contributed by atoms with Crippen molar-refractivity contribution in [3.8, 4) is 0 Å². The minimum Gasteiger partial charge on any atom is -0.350 e. The van der Waals surface area contributed by atoms with Crippen molar-refractivity contribution in [2.45, 2.75) is 62.1 Å². The van der Waals surface area contributed by atoms with Crippen LogP contribution in [0.25, 0.3) is 21.0 Å². The molecule has 0 unspecified atom stereocenters. The van der Waals surface area contributed by atoms with Gasteiger partial charge in [0, 0.05) is 66.3 Å². The lowest BCUT2D eigenvalue weighted by atomic mass is 9.90. The molecular weight excluding hydrogens is 644 g/mol. The lowest BCUT2D eigenvalue weighted by Gasteiger charge is -2.43. The largest absolute Gasteiger partial charge is 0.363 e. The summed E-state index contributed by atoms with van der Waals surface area (Å²) in [6.07, 6.45) is 9.51. The van der Waals surface area contributed by atoms with Crippen LogP contribution in [-0.4, -0.2) is 78.1 Å². The van der Waals surface area contributed by atoms with Gasteiger partial charge in [-0.1, -0.05) is 6.07 Å². The van der Waals surface area contributed by atoms with Crippen LogP contribution in [0.3, 0.4) is 0 Å². The fraction of sp³-hybridized carbons (Fsp3) is 0.455. The Labute approximate surface area is 273 Å². The van der Waals surface area contributed by atoms with E-state index in [1.807, 2.05) is 36.6 Å². The van der Waals surface area contributed by atoms with Crippen molar-refractivity contribution in [2.75, 3.05) is 13.1 Å². The summed E-state index contributed by atoms with van der Waals surface area (Å²) in [4.78, 5) is 68.5. The Morgan fingerprint density at radius 3 is 2.64 bits per heavy atom. The number of carbonyl (C=O) groups excluding carboxylic acids is 3. The SMILES string of the molecule is Cn1ccc2cncc(C3CN(C(=O)[C@@H]4CC[C@@H]5C[C@H]6C[C@H]6C[C@H](NC(=O)c6cc7cc([C@@H](F)P(=O)(O)O)ccc7s6)C(=O)N54)C3)c21. The fourth-order valence-electron chi connectivity index (χ4n) is 8.02. The molecule has 6 atom stereocenters. The Morgan fingerprint density at radius 2 is 1.85 bits per heavy atom. The quantitative estimate of drug-likeness (QED) is 0.256. The number of aromatic nitrogens is 2. The van der Waals surface area contributed by atoms with Gasteiger partial charge in [-0.05, 0) is 79.2 Å². The molecule has 3 aliphatic heterocycles. The van der Waals surface area contributed by atoms with Gasteiger partial charge in [0.25, 0.3) is 5.91 Å². The molecule has 6 heterocycles. The Bertz CT molecular complexity index is 1990. The van der Waals surface area contributed by atoms with E-state index in [0.717, 1.165) is 47.1 Å². The zero-order chi connectivity index (χ0) is 32.8. The summed E-state index contributed by atoms with van der Waals surface area (Å²) < 4.78 is 28.5. The monoisotopic (exact) mass is 679 g/mol. The van der Waals surface area contributed by atoms with Crippen LogP contribution >= 0.6 is 18.9 Å². The van der Waals surface area contributed by atoms with Crippen LogP contribution in [0.4, 0.5) is 4.39 Å². The first-order valence-electron chi connectivity index (χ1n) is 16.0. The number of hydrogen-bond acceptors (Lipinski definition) is 6. The second-order valence-corrected chi connectivity index (χ2v) is 16.3. The van der Waals surface area contributed by atoms with E-state index in [0.29, 0.717) is 52.7 Å². The summed E-state index contributed by atoms with van der Waals surface area (Å²) in [5.41, 5.74) is 2.09. The van der Waals surface area contributed by atoms with Crippen molar-refractivity contribution in [1.29, 1.82) is 0 Å². The molecule has 3 saturated heterocycles. The van der Waals surface area contributed by atoms with Crippen LogP contribution in [0.1, 0.15) is 64.7 Å². The molecular formula is C33H35FN5O6PS. The molecule has 8 rings (SSSR count). The number of pyridine rings is 1. The molecule has 1 aliphatic carbocycles. The van der Waals surface area contributed by atoms with Crippen molar-refractivity contribution in [2.24, 2.45) is 18.9 Å². The molecule has 246 valence electrons. The highest BCUT2D eigenvalue weighted by atomic mass is 32.1. The predicted octanol–water partition coefficient (Wildman–Crippen LogP) is 4.45. The molecule has 14 heteroatoms. The van der Waals surface area contributed by atoms with Gasteiger partial charge < -0.3 is 29.5 Å². The molecule has 47 heavy (non-hydrogen) atoms. The van der Waals surface area contributed by atoms with E-state index in [2.05, 4.69) is 14.9 Å². The molecule has 0 bridgehead atoms. The van der Waals surface area contributed by atoms with Gasteiger partial charge >= 0.3 is 7.60 Å². The van der Waals surface area contributed by atoms with Crippen LogP contribution < -0.4 is 5.32 Å². The van der Waals surface area contributed by atoms with Crippen LogP contribution in [0, 0.1) is 11.8 Å². The van der Waals surface area contributed by atoms with Gasteiger partial charge in [0.2, 0.25) is 17.7 Å². The van der Waals surface area contributed by atoms with Crippen molar-refractivity contribution < 1.29 is 33.1 Å². The maximum Gasteiger partial charge on any atom is 0.363 e. The molecule has 0 spiro atoms. The molecule has 1 saturated carbocycles. The minimum absolute atomic E-state index is 0.0324. The number of benzene rings is 1. The number of rotatable bonds is 6. The third-order valence-electron chi connectivity index (χ3n) is 10.6. The number of nitrogens with one attached hydrogen (secondary N) is 1. The number of aryl methyl sites for hydroxylation is 1. The van der Waals surface area contributed by atoms with Gasteiger partial charge in [-0.15, -0.1) is 11.3 Å². The van der Waals surface area contributed by atoms with Gasteiger partial charge in [-0.25, -0.2) is 4.39 Å². The van der Waals surface area contributed by atoms with E-state index >= 15 is 0 Å². The van der Waals surface area contributed by atoms with Gasteiger partial charge in [0.1, 0.15) is 12.1 Å². The Hall–Kier alpha value is -3.64. The average molecular weight is 680 g/mol. The summed E-state index contributed by atoms with van der Waals surface area (Å²) >= 11 is 1.16. The minimum atomic E-state index is -4.98. The molecule has 1 aromatic carbocycles. The van der Waals surface area contributed by atoms with Gasteiger partial charge in [0.15, 0.2) is 0 Å². The zero-order valence-electron chi connectivity index (χ0n) is 25.7. The van der Waals surface area contributed by atoms with Crippen molar-refractivity contribution in [1.82, 2.24) is 24.7 Å². The number of carbonyl (C=O) groups is 3. The molecule has 0 radical (unpaired) electrons. The average Bonchev–Trinajstić information content (AvgIpc) is 3.33. The first-order chi connectivity index (χ1) is 22.5. The Balaban J connectivity index is 0.985. The molecule has 4 aliphatic rings. The second kappa shape index (κ2) is 11.2. The van der Waals surface area contributed by atoms with E-state index in [4.69, 9.17) is 0 Å². The predicted molar refractivity (Wildman–Crippen MR) is 173 cm³/mol. The van der Waals surface area contributed by atoms with E-state index in [-0.39, 0.29) is 29.3 Å². The van der Waals surface area contributed by atoms with Crippen LogP contribution in [-0.2, 0) is 21.2 Å². The number of likely N-dealkylation sites (tertiary alicyclic amines) is 1. The number of halogens is 1. The Kier molecular flexibility index (Phi) is 7.32. The van der Waals surface area contributed by atoms with E-state index < -0.39 is 31.5 Å². The lowest BCUT2D eigenvalue weighted by Crippen LogP contribution is -2.59. The van der Waals surface area contributed by atoms with Crippen molar-refractivity contribution in [3.63, 3.8) is 0 Å². The molecule has 4 fully saturated rings. The van der Waals surface area contributed by atoms with Gasteiger partial charge in [-0.2, -0.15) is 0 Å². The Morgan fingerprint density at radius 1 is 1.06 bits per heavy atom. The normalized spacial score (nSPS) is 26.8. The molecule has 3 N–H and O–H groups in total.